The average molecular weight is 259 g/mol. The summed E-state index contributed by atoms with van der Waals surface area (Å²) in [6.45, 7) is 2.80. The van der Waals surface area contributed by atoms with Gasteiger partial charge < -0.3 is 16.6 Å². The van der Waals surface area contributed by atoms with Crippen LogP contribution in [0, 0.1) is 0 Å². The molecule has 102 valence electrons. The zero-order valence-corrected chi connectivity index (χ0v) is 10.4. The summed E-state index contributed by atoms with van der Waals surface area (Å²) in [4.78, 5) is 25.7. The largest absolute Gasteiger partial charge is 0.480 e. The number of nitrogens with zero attached hydrogens (tertiary/aromatic N) is 1. The fraction of sp³-hybridized carbons (Fsp3) is 0.545. The van der Waals surface area contributed by atoms with Crippen molar-refractivity contribution in [2.24, 2.45) is 16.5 Å². The van der Waals surface area contributed by atoms with Crippen molar-refractivity contribution >= 4 is 17.6 Å². The van der Waals surface area contributed by atoms with E-state index < -0.39 is 29.5 Å². The summed E-state index contributed by atoms with van der Waals surface area (Å²) in [6.07, 6.45) is 0.591. The van der Waals surface area contributed by atoms with E-state index >= 15 is 0 Å². The van der Waals surface area contributed by atoms with Gasteiger partial charge in [0.1, 0.15) is 0 Å². The smallest absolute Gasteiger partial charge is 0.331 e. The second kappa shape index (κ2) is 6.85. The molecule has 0 amide bonds. The highest BCUT2D eigenvalue weighted by molar-refractivity contribution is 6.06. The topological polar surface area (TPSA) is 119 Å². The second-order valence-electron chi connectivity index (χ2n) is 3.96. The Bertz CT molecular complexity index is 373. The van der Waals surface area contributed by atoms with E-state index in [1.165, 1.54) is 0 Å². The number of aliphatic carboxylic acids is 1. The summed E-state index contributed by atoms with van der Waals surface area (Å²) in [5.41, 5.74) is 8.59. The molecule has 0 aliphatic heterocycles. The summed E-state index contributed by atoms with van der Waals surface area (Å²) in [5, 5.41) is 8.83. The number of Topliss-reactive ketones (excluding diaryl/α,β-unsaturated/α-hetero) is 1. The first kappa shape index (κ1) is 16.2. The number of carbonyl (C=O) groups excluding carboxylic acids is 1. The monoisotopic (exact) mass is 259 g/mol. The highest BCUT2D eigenvalue weighted by Gasteiger charge is 2.38. The van der Waals surface area contributed by atoms with Gasteiger partial charge in [-0.05, 0) is 19.9 Å². The Morgan fingerprint density at radius 2 is 2.00 bits per heavy atom. The number of nitrogens with two attached hydrogens (primary N) is 2. The number of halogens is 1. The number of ketones is 1. The summed E-state index contributed by atoms with van der Waals surface area (Å²) >= 11 is 0. The zero-order chi connectivity index (χ0) is 14.3. The molecule has 0 fully saturated rings. The number of carboxylic acids is 1. The number of carboxylic acid groups (broad SMARTS) is 1. The lowest BCUT2D eigenvalue weighted by Crippen LogP contribution is -2.53. The third-order valence-electron chi connectivity index (χ3n) is 2.37. The number of hydrogen-bond donors (Lipinski definition) is 3. The van der Waals surface area contributed by atoms with Gasteiger partial charge in [0.15, 0.2) is 11.3 Å². The van der Waals surface area contributed by atoms with Crippen LogP contribution in [0.5, 0.6) is 0 Å². The number of rotatable bonds is 7. The molecule has 1 atom stereocenters. The molecule has 0 saturated heterocycles. The number of aliphatic imine (C=N–C) groups is 1. The van der Waals surface area contributed by atoms with E-state index in [0.717, 1.165) is 13.0 Å². The lowest BCUT2D eigenvalue weighted by molar-refractivity contribution is -0.147. The van der Waals surface area contributed by atoms with Crippen LogP contribution in [0.4, 0.5) is 4.39 Å². The van der Waals surface area contributed by atoms with Gasteiger partial charge in [-0.3, -0.25) is 9.79 Å². The third kappa shape index (κ3) is 5.05. The van der Waals surface area contributed by atoms with E-state index in [0.29, 0.717) is 5.84 Å². The van der Waals surface area contributed by atoms with Gasteiger partial charge in [-0.2, -0.15) is 0 Å². The van der Waals surface area contributed by atoms with Crippen LogP contribution in [-0.4, -0.2) is 34.8 Å². The molecule has 0 aliphatic rings. The first-order valence-corrected chi connectivity index (χ1v) is 5.34. The molecule has 6 nitrogen and oxygen atoms in total. The molecule has 0 aromatic carbocycles. The molecular weight excluding hydrogens is 241 g/mol. The molecule has 0 aliphatic carbocycles. The molecule has 0 rings (SSSR count). The first-order chi connectivity index (χ1) is 8.20. The van der Waals surface area contributed by atoms with Gasteiger partial charge in [-0.25, -0.2) is 9.18 Å². The molecule has 18 heavy (non-hydrogen) atoms. The van der Waals surface area contributed by atoms with E-state index in [4.69, 9.17) is 16.6 Å². The maximum absolute atomic E-state index is 13.3. The van der Waals surface area contributed by atoms with Crippen molar-refractivity contribution in [1.29, 1.82) is 0 Å². The Morgan fingerprint density at radius 1 is 1.44 bits per heavy atom. The van der Waals surface area contributed by atoms with Crippen molar-refractivity contribution in [3.63, 3.8) is 0 Å². The van der Waals surface area contributed by atoms with Crippen LogP contribution >= 0.6 is 0 Å². The molecule has 0 radical (unpaired) electrons. The van der Waals surface area contributed by atoms with Crippen LogP contribution in [0.1, 0.15) is 26.7 Å². The molecule has 1 unspecified atom stereocenters. The van der Waals surface area contributed by atoms with E-state index in [1.54, 1.807) is 6.92 Å². The Hall–Kier alpha value is -1.76. The predicted molar refractivity (Wildman–Crippen MR) is 65.8 cm³/mol. The number of amidine groups is 1. The highest BCUT2D eigenvalue weighted by atomic mass is 19.1. The Kier molecular flexibility index (Phi) is 6.18. The van der Waals surface area contributed by atoms with Crippen LogP contribution in [0.15, 0.2) is 16.9 Å². The molecule has 0 spiro atoms. The summed E-state index contributed by atoms with van der Waals surface area (Å²) in [5.74, 6) is -2.44. The molecule has 7 heteroatoms. The van der Waals surface area contributed by atoms with E-state index in [9.17, 15) is 14.0 Å². The molecule has 0 aromatic heterocycles. The first-order valence-electron chi connectivity index (χ1n) is 5.34. The molecule has 0 bridgehead atoms. The molecule has 0 heterocycles. The minimum absolute atomic E-state index is 0.0118. The third-order valence-corrected chi connectivity index (χ3v) is 2.37. The molecule has 5 N–H and O–H groups in total. The van der Waals surface area contributed by atoms with Gasteiger partial charge in [0.2, 0.25) is 0 Å². The number of hydrogen-bond acceptors (Lipinski definition) is 4. The summed E-state index contributed by atoms with van der Waals surface area (Å²) in [7, 11) is 0. The maximum Gasteiger partial charge on any atom is 0.331 e. The van der Waals surface area contributed by atoms with Crippen LogP contribution in [0.3, 0.4) is 0 Å². The van der Waals surface area contributed by atoms with Crippen molar-refractivity contribution < 1.29 is 19.1 Å². The fourth-order valence-electron chi connectivity index (χ4n) is 1.09. The Labute approximate surface area is 105 Å². The minimum Gasteiger partial charge on any atom is -0.480 e. The normalized spacial score (nSPS) is 16.2. The van der Waals surface area contributed by atoms with Gasteiger partial charge in [-0.15, -0.1) is 0 Å². The summed E-state index contributed by atoms with van der Waals surface area (Å²) in [6, 6.07) is 0. The maximum atomic E-state index is 13.3. The average Bonchev–Trinajstić information content (AvgIpc) is 2.24. The van der Waals surface area contributed by atoms with Crippen LogP contribution in [0.2, 0.25) is 0 Å². The van der Waals surface area contributed by atoms with E-state index in [1.807, 2.05) is 0 Å². The van der Waals surface area contributed by atoms with Crippen molar-refractivity contribution in [1.82, 2.24) is 0 Å². The Balaban J connectivity index is 4.55. The van der Waals surface area contributed by atoms with Gasteiger partial charge in [-0.1, -0.05) is 0 Å². The van der Waals surface area contributed by atoms with Crippen LogP contribution in [-0.2, 0) is 9.59 Å². The van der Waals surface area contributed by atoms with Crippen molar-refractivity contribution in [3.05, 3.63) is 11.9 Å². The van der Waals surface area contributed by atoms with E-state index in [-0.39, 0.29) is 13.0 Å². The molecule has 0 aromatic rings. The SMILES string of the molecule is CC(=O)C(N)(CC=C(F)CCN=C(C)N)C(=O)O. The molecule has 0 saturated carbocycles. The highest BCUT2D eigenvalue weighted by Crippen LogP contribution is 2.14. The van der Waals surface area contributed by atoms with Gasteiger partial charge >= 0.3 is 5.97 Å². The quantitative estimate of drug-likeness (QED) is 0.346. The van der Waals surface area contributed by atoms with Crippen molar-refractivity contribution in [2.45, 2.75) is 32.2 Å². The second-order valence-corrected chi connectivity index (χ2v) is 3.96. The van der Waals surface area contributed by atoms with Crippen molar-refractivity contribution in [3.8, 4) is 0 Å². The lowest BCUT2D eigenvalue weighted by Gasteiger charge is -2.19. The van der Waals surface area contributed by atoms with Gasteiger partial charge in [0.05, 0.1) is 11.7 Å². The summed E-state index contributed by atoms with van der Waals surface area (Å²) < 4.78 is 13.3. The molecular formula is C11H18FN3O3. The standard InChI is InChI=1S/C11H18FN3O3/c1-7(16)11(14,10(17)18)5-3-9(12)4-6-15-8(2)13/h3H,4-6,14H2,1-2H3,(H2,13,15)(H,17,18). The van der Waals surface area contributed by atoms with Crippen molar-refractivity contribution in [2.75, 3.05) is 6.54 Å². The lowest BCUT2D eigenvalue weighted by atomic mass is 9.92. The minimum atomic E-state index is -2.08. The zero-order valence-electron chi connectivity index (χ0n) is 10.4. The predicted octanol–water partition coefficient (Wildman–Crippen LogP) is 0.368. The number of carbonyl (C=O) groups is 2. The fourth-order valence-corrected chi connectivity index (χ4v) is 1.09. The van der Waals surface area contributed by atoms with E-state index in [2.05, 4.69) is 4.99 Å². The van der Waals surface area contributed by atoms with Crippen LogP contribution in [0.25, 0.3) is 0 Å². The Morgan fingerprint density at radius 3 is 2.39 bits per heavy atom. The van der Waals surface area contributed by atoms with Crippen LogP contribution < -0.4 is 11.5 Å². The van der Waals surface area contributed by atoms with Gasteiger partial charge in [0.25, 0.3) is 0 Å². The van der Waals surface area contributed by atoms with Gasteiger partial charge in [0, 0.05) is 19.4 Å².